The largest absolute Gasteiger partial charge is 0.305 e. The van der Waals surface area contributed by atoms with Crippen LogP contribution in [-0.2, 0) is 20.1 Å². The van der Waals surface area contributed by atoms with Gasteiger partial charge in [-0.25, -0.2) is 0 Å². The van der Waals surface area contributed by atoms with Gasteiger partial charge in [-0.15, -0.1) is 12.1 Å². The molecular weight excluding hydrogens is 539 g/mol. The van der Waals surface area contributed by atoms with E-state index in [-0.39, 0.29) is 33.1 Å². The average molecular weight is 560 g/mol. The van der Waals surface area contributed by atoms with E-state index in [0.29, 0.717) is 5.69 Å². The number of hydrogen-bond acceptors (Lipinski definition) is 3. The molecule has 0 amide bonds. The number of hydrogen-bond donors (Lipinski definition) is 2. The molecule has 4 aromatic rings. The fourth-order valence-corrected chi connectivity index (χ4v) is 1.58. The van der Waals surface area contributed by atoms with E-state index < -0.39 is 11.6 Å². The van der Waals surface area contributed by atoms with Gasteiger partial charge in [-0.3, -0.25) is 19.0 Å². The zero-order chi connectivity index (χ0) is 19.0. The second kappa shape index (κ2) is 17.8. The van der Waals surface area contributed by atoms with Gasteiger partial charge in [0.25, 0.3) is 0 Å². The Bertz CT molecular complexity index is 740. The Morgan fingerprint density at radius 2 is 1.54 bits per heavy atom. The average Bonchev–Trinajstić information content (AvgIpc) is 3.43. The molecule has 0 spiro atoms. The Morgan fingerprint density at radius 3 is 1.89 bits per heavy atom. The van der Waals surface area contributed by atoms with Gasteiger partial charge in [0, 0.05) is 62.7 Å². The monoisotopic (exact) mass is 561 g/mol. The maximum atomic E-state index is 13.2. The van der Waals surface area contributed by atoms with Crippen molar-refractivity contribution >= 4 is 7.85 Å². The summed E-state index contributed by atoms with van der Waals surface area (Å²) in [6.45, 7) is 1.50. The van der Waals surface area contributed by atoms with Crippen molar-refractivity contribution < 1.29 is 28.9 Å². The first-order valence-electron chi connectivity index (χ1n) is 7.50. The molecule has 1 aromatic carbocycles. The molecule has 0 bridgehead atoms. The molecule has 0 aliphatic rings. The van der Waals surface area contributed by atoms with Crippen molar-refractivity contribution in [2.75, 3.05) is 0 Å². The van der Waals surface area contributed by atoms with Gasteiger partial charge < -0.3 is 4.98 Å². The van der Waals surface area contributed by atoms with Crippen LogP contribution in [0.25, 0.3) is 11.3 Å². The second-order valence-corrected chi connectivity index (χ2v) is 4.29. The smallest absolute Gasteiger partial charge is 0.0606 e. The van der Waals surface area contributed by atoms with E-state index in [2.05, 4.69) is 39.3 Å². The molecule has 4 rings (SSSR count). The van der Waals surface area contributed by atoms with E-state index in [1.807, 2.05) is 12.1 Å². The van der Waals surface area contributed by atoms with Crippen LogP contribution in [0.5, 0.6) is 0 Å². The van der Waals surface area contributed by atoms with Gasteiger partial charge >= 0.3 is 0 Å². The van der Waals surface area contributed by atoms with E-state index in [1.54, 1.807) is 49.2 Å². The van der Waals surface area contributed by atoms with Crippen molar-refractivity contribution in [1.82, 2.24) is 25.4 Å². The molecule has 0 atom stereocenters. The fourth-order valence-electron chi connectivity index (χ4n) is 1.58. The number of benzene rings is 1. The molecule has 9 heteroatoms. The number of aromatic amines is 2. The second-order valence-electron chi connectivity index (χ2n) is 4.29. The summed E-state index contributed by atoms with van der Waals surface area (Å²) in [5.41, 5.74) is 0.636. The van der Waals surface area contributed by atoms with Crippen molar-refractivity contribution in [1.29, 1.82) is 0 Å². The summed E-state index contributed by atoms with van der Waals surface area (Å²) in [6, 6.07) is 13.2. The van der Waals surface area contributed by atoms with Crippen LogP contribution < -0.4 is 0 Å². The summed E-state index contributed by atoms with van der Waals surface area (Å²) in [4.78, 5) is 3.95. The minimum atomic E-state index is -0.649. The van der Waals surface area contributed by atoms with E-state index >= 15 is 0 Å². The molecule has 0 saturated carbocycles. The van der Waals surface area contributed by atoms with Crippen LogP contribution in [0, 0.1) is 17.7 Å². The predicted molar refractivity (Wildman–Crippen MR) is 104 cm³/mol. The van der Waals surface area contributed by atoms with Crippen molar-refractivity contribution in [3.63, 3.8) is 0 Å². The molecule has 0 aliphatic carbocycles. The third-order valence-electron chi connectivity index (χ3n) is 2.59. The van der Waals surface area contributed by atoms with Gasteiger partial charge in [0.15, 0.2) is 0 Å². The zero-order valence-electron chi connectivity index (χ0n) is 14.4. The molecule has 0 saturated heterocycles. The Kier molecular flexibility index (Phi) is 17.5. The zero-order valence-corrected chi connectivity index (χ0v) is 16.8. The summed E-state index contributed by atoms with van der Waals surface area (Å²) >= 11 is 0. The Morgan fingerprint density at radius 1 is 0.929 bits per heavy atom. The van der Waals surface area contributed by atoms with E-state index in [9.17, 15) is 8.78 Å². The summed E-state index contributed by atoms with van der Waals surface area (Å²) in [6.07, 6.45) is 8.46. The summed E-state index contributed by atoms with van der Waals surface area (Å²) in [5.74, 6) is -1.29. The Hall–Kier alpha value is -2.64. The first-order valence-corrected chi connectivity index (χ1v) is 7.50. The van der Waals surface area contributed by atoms with Crippen molar-refractivity contribution in [2.45, 2.75) is 14.2 Å². The van der Waals surface area contributed by atoms with E-state index in [0.717, 1.165) is 12.1 Å². The van der Waals surface area contributed by atoms with Gasteiger partial charge in [0.05, 0.1) is 7.85 Å². The number of pyridine rings is 1. The summed E-state index contributed by atoms with van der Waals surface area (Å²) in [5, 5.41) is 12.4. The first kappa shape index (κ1) is 27.6. The molecule has 149 valence electrons. The van der Waals surface area contributed by atoms with Gasteiger partial charge in [-0.2, -0.15) is 10.2 Å². The number of H-pyrrole nitrogens is 2. The van der Waals surface area contributed by atoms with E-state index in [4.69, 9.17) is 0 Å². The van der Waals surface area contributed by atoms with Crippen LogP contribution >= 0.6 is 0 Å². The molecule has 28 heavy (non-hydrogen) atoms. The molecule has 0 fully saturated rings. The number of aromatic nitrogens is 5. The number of rotatable bonds is 1. The van der Waals surface area contributed by atoms with Gasteiger partial charge in [0.1, 0.15) is 0 Å². The molecule has 0 unspecified atom stereocenters. The van der Waals surface area contributed by atoms with Crippen LogP contribution in [0.1, 0.15) is 7.43 Å². The molecule has 3 aromatic heterocycles. The summed E-state index contributed by atoms with van der Waals surface area (Å²) in [7, 11) is 4.50. The fraction of sp³-hybridized carbons (Fsp3) is 0.105. The van der Waals surface area contributed by atoms with Crippen molar-refractivity contribution in [3.8, 4) is 11.3 Å². The standard InChI is InChI=1S/C11H6F2N.2C3H4N2.CH3B.CH4.Ir/c12-8-4-5-9(10(13)7-8)11-3-1-2-6-14-11;2*1-2-4-5-3-1;1-2;;/h1-4,6-7H;2*1-3H,(H,4,5);1H3;1H4;/q-1;;;;;. The minimum Gasteiger partial charge on any atom is -0.305 e. The van der Waals surface area contributed by atoms with Crippen LogP contribution in [0.2, 0.25) is 6.82 Å². The molecule has 2 N–H and O–H groups in total. The third-order valence-corrected chi connectivity index (χ3v) is 2.59. The van der Waals surface area contributed by atoms with Crippen LogP contribution in [-0.4, -0.2) is 33.2 Å². The quantitative estimate of drug-likeness (QED) is 0.267. The van der Waals surface area contributed by atoms with Gasteiger partial charge in [-0.1, -0.05) is 38.0 Å². The summed E-state index contributed by atoms with van der Waals surface area (Å²) < 4.78 is 25.8. The van der Waals surface area contributed by atoms with Crippen LogP contribution in [0.4, 0.5) is 8.78 Å². The molecule has 3 radical (unpaired) electrons. The number of halogens is 2. The SMILES string of the molecule is C.Fc1c[c-]c(-c2ccccn2)c(F)c1.[B]C.[Ir].c1cn[nH]c1.c1cn[nH]c1. The normalized spacial score (nSPS) is 8.11. The van der Waals surface area contributed by atoms with Gasteiger partial charge in [0.2, 0.25) is 0 Å². The molecular formula is C19H21BF2IrN5-. The molecule has 3 heterocycles. The maximum Gasteiger partial charge on any atom is 0.0606 e. The van der Waals surface area contributed by atoms with E-state index in [1.165, 1.54) is 6.82 Å². The third kappa shape index (κ3) is 11.2. The first-order chi connectivity index (χ1) is 12.8. The maximum absolute atomic E-state index is 13.2. The van der Waals surface area contributed by atoms with Gasteiger partial charge in [-0.05, 0) is 23.9 Å². The molecule has 0 aliphatic heterocycles. The number of nitrogens with one attached hydrogen (secondary N) is 2. The Labute approximate surface area is 178 Å². The topological polar surface area (TPSA) is 70.2 Å². The number of nitrogens with zero attached hydrogens (tertiary/aromatic N) is 3. The van der Waals surface area contributed by atoms with Crippen LogP contribution in [0.15, 0.2) is 73.4 Å². The predicted octanol–water partition coefficient (Wildman–Crippen LogP) is 4.48. The van der Waals surface area contributed by atoms with Crippen molar-refractivity contribution in [3.05, 3.63) is 91.1 Å². The minimum absolute atomic E-state index is 0. The van der Waals surface area contributed by atoms with Crippen molar-refractivity contribution in [2.24, 2.45) is 0 Å². The molecule has 5 nitrogen and oxygen atoms in total. The Balaban J connectivity index is 0. The van der Waals surface area contributed by atoms with Crippen LogP contribution in [0.3, 0.4) is 0 Å².